The third-order valence-corrected chi connectivity index (χ3v) is 3.57. The molecule has 1 aromatic carbocycles. The average Bonchev–Trinajstić information content (AvgIpc) is 2.61. The van der Waals surface area contributed by atoms with E-state index in [9.17, 15) is 0 Å². The van der Waals surface area contributed by atoms with E-state index < -0.39 is 0 Å². The van der Waals surface area contributed by atoms with Gasteiger partial charge in [-0.1, -0.05) is 27.7 Å². The fourth-order valence-corrected chi connectivity index (χ4v) is 2.64. The number of aromatic nitrogens is 1. The first-order chi connectivity index (χ1) is 7.09. The fraction of sp³-hybridized carbons (Fsp3) is 0.462. The lowest BCUT2D eigenvalue weighted by Gasteiger charge is -2.15. The molecule has 0 amide bonds. The van der Waals surface area contributed by atoms with E-state index in [1.165, 1.54) is 15.8 Å². The van der Waals surface area contributed by atoms with Gasteiger partial charge in [0.1, 0.15) is 0 Å². The quantitative estimate of drug-likeness (QED) is 0.722. The van der Waals surface area contributed by atoms with Crippen LogP contribution in [0, 0.1) is 0 Å². The van der Waals surface area contributed by atoms with E-state index in [-0.39, 0.29) is 0 Å². The van der Waals surface area contributed by atoms with Crippen molar-refractivity contribution in [1.29, 1.82) is 0 Å². The Labute approximate surface area is 95.2 Å². The summed E-state index contributed by atoms with van der Waals surface area (Å²) in [7, 11) is 0. The molecule has 0 saturated heterocycles. The molecule has 0 aliphatic heterocycles. The van der Waals surface area contributed by atoms with Gasteiger partial charge in [-0.15, -0.1) is 11.3 Å². The largest absolute Gasteiger partial charge is 0.245 e. The van der Waals surface area contributed by atoms with Crippen molar-refractivity contribution in [3.8, 4) is 0 Å². The van der Waals surface area contributed by atoms with E-state index in [2.05, 4.69) is 44.8 Å². The molecule has 0 N–H and O–H groups in total. The van der Waals surface area contributed by atoms with Crippen LogP contribution in [-0.4, -0.2) is 4.98 Å². The van der Waals surface area contributed by atoms with Crippen LogP contribution in [0.25, 0.3) is 10.2 Å². The number of benzene rings is 1. The summed E-state index contributed by atoms with van der Waals surface area (Å²) in [6.45, 7) is 9.01. The second kappa shape index (κ2) is 3.93. The van der Waals surface area contributed by atoms with Crippen molar-refractivity contribution in [3.63, 3.8) is 0 Å². The highest BCUT2D eigenvalue weighted by atomic mass is 32.1. The van der Waals surface area contributed by atoms with Crippen molar-refractivity contribution < 1.29 is 0 Å². The zero-order chi connectivity index (χ0) is 11.0. The maximum atomic E-state index is 4.38. The van der Waals surface area contributed by atoms with Crippen LogP contribution in [0.4, 0.5) is 0 Å². The maximum Gasteiger partial charge on any atom is 0.0815 e. The number of nitrogens with zero attached hydrogens (tertiary/aromatic N) is 1. The molecule has 2 heteroatoms. The van der Waals surface area contributed by atoms with E-state index >= 15 is 0 Å². The van der Waals surface area contributed by atoms with Gasteiger partial charge in [0.25, 0.3) is 0 Å². The molecular formula is C13H17NS. The van der Waals surface area contributed by atoms with Crippen molar-refractivity contribution in [2.75, 3.05) is 0 Å². The summed E-state index contributed by atoms with van der Waals surface area (Å²) in [5.74, 6) is 1.17. The molecule has 1 heterocycles. The Hall–Kier alpha value is -0.890. The SMILES string of the molecule is CC(C)c1cc2ncsc2cc1C(C)C. The zero-order valence-corrected chi connectivity index (χ0v) is 10.6. The molecule has 0 bridgehead atoms. The Balaban J connectivity index is 2.68. The minimum atomic E-state index is 0.577. The van der Waals surface area contributed by atoms with Crippen molar-refractivity contribution in [3.05, 3.63) is 28.8 Å². The van der Waals surface area contributed by atoms with Crippen molar-refractivity contribution in [1.82, 2.24) is 4.98 Å². The number of thiazole rings is 1. The summed E-state index contributed by atoms with van der Waals surface area (Å²) >= 11 is 1.73. The molecule has 0 unspecified atom stereocenters. The molecule has 2 aromatic rings. The summed E-state index contributed by atoms with van der Waals surface area (Å²) in [5.41, 5.74) is 6.00. The molecule has 0 aliphatic carbocycles. The van der Waals surface area contributed by atoms with Crippen LogP contribution in [0.2, 0.25) is 0 Å². The van der Waals surface area contributed by atoms with Crippen LogP contribution >= 0.6 is 11.3 Å². The standard InChI is InChI=1S/C13H17NS/c1-8(2)10-5-12-13(15-7-14-12)6-11(10)9(3)4/h5-9H,1-4H3. The third kappa shape index (κ3) is 1.91. The zero-order valence-electron chi connectivity index (χ0n) is 9.74. The van der Waals surface area contributed by atoms with Crippen molar-refractivity contribution in [2.45, 2.75) is 39.5 Å². The highest BCUT2D eigenvalue weighted by Crippen LogP contribution is 2.31. The molecule has 0 atom stereocenters. The van der Waals surface area contributed by atoms with Crippen LogP contribution in [0.3, 0.4) is 0 Å². The first kappa shape index (κ1) is 10.6. The van der Waals surface area contributed by atoms with Crippen LogP contribution in [0.15, 0.2) is 17.6 Å². The molecule has 1 aromatic heterocycles. The van der Waals surface area contributed by atoms with Crippen molar-refractivity contribution >= 4 is 21.6 Å². The first-order valence-corrected chi connectivity index (χ1v) is 6.34. The monoisotopic (exact) mass is 219 g/mol. The minimum Gasteiger partial charge on any atom is -0.245 e. The topological polar surface area (TPSA) is 12.9 Å². The molecule has 0 aliphatic rings. The molecule has 0 saturated carbocycles. The molecular weight excluding hydrogens is 202 g/mol. The van der Waals surface area contributed by atoms with E-state index in [0.29, 0.717) is 11.8 Å². The van der Waals surface area contributed by atoms with Crippen LogP contribution in [0.5, 0.6) is 0 Å². The van der Waals surface area contributed by atoms with Gasteiger partial charge in [-0.25, -0.2) is 4.98 Å². The Morgan fingerprint density at radius 2 is 1.60 bits per heavy atom. The number of hydrogen-bond donors (Lipinski definition) is 0. The Kier molecular flexibility index (Phi) is 2.79. The molecule has 0 fully saturated rings. The van der Waals surface area contributed by atoms with E-state index in [1.54, 1.807) is 11.3 Å². The predicted molar refractivity (Wildman–Crippen MR) is 67.8 cm³/mol. The first-order valence-electron chi connectivity index (χ1n) is 5.46. The molecule has 0 spiro atoms. The summed E-state index contributed by atoms with van der Waals surface area (Å²) in [6, 6.07) is 4.57. The Bertz CT molecular complexity index is 426. The van der Waals surface area contributed by atoms with E-state index in [1.807, 2.05) is 5.51 Å². The predicted octanol–water partition coefficient (Wildman–Crippen LogP) is 4.54. The van der Waals surface area contributed by atoms with Gasteiger partial charge in [-0.2, -0.15) is 0 Å². The Morgan fingerprint density at radius 3 is 2.20 bits per heavy atom. The van der Waals surface area contributed by atoms with E-state index in [0.717, 1.165) is 5.52 Å². The van der Waals surface area contributed by atoms with Crippen LogP contribution in [0.1, 0.15) is 50.7 Å². The van der Waals surface area contributed by atoms with Crippen molar-refractivity contribution in [2.24, 2.45) is 0 Å². The van der Waals surface area contributed by atoms with Gasteiger partial charge in [0.15, 0.2) is 0 Å². The van der Waals surface area contributed by atoms with Gasteiger partial charge < -0.3 is 0 Å². The number of rotatable bonds is 2. The molecule has 1 nitrogen and oxygen atoms in total. The third-order valence-electron chi connectivity index (χ3n) is 2.78. The molecule has 0 radical (unpaired) electrons. The minimum absolute atomic E-state index is 0.577. The van der Waals surface area contributed by atoms with Gasteiger partial charge in [0.2, 0.25) is 0 Å². The summed E-state index contributed by atoms with van der Waals surface area (Å²) in [6.07, 6.45) is 0. The second-order valence-electron chi connectivity index (χ2n) is 4.61. The second-order valence-corrected chi connectivity index (χ2v) is 5.50. The Morgan fingerprint density at radius 1 is 1.00 bits per heavy atom. The lowest BCUT2D eigenvalue weighted by atomic mass is 9.90. The van der Waals surface area contributed by atoms with Gasteiger partial charge in [-0.05, 0) is 35.1 Å². The molecule has 15 heavy (non-hydrogen) atoms. The summed E-state index contributed by atoms with van der Waals surface area (Å²) in [5, 5.41) is 0. The van der Waals surface area contributed by atoms with Crippen LogP contribution < -0.4 is 0 Å². The normalized spacial score (nSPS) is 11.9. The summed E-state index contributed by atoms with van der Waals surface area (Å²) in [4.78, 5) is 4.38. The van der Waals surface area contributed by atoms with Gasteiger partial charge in [-0.3, -0.25) is 0 Å². The van der Waals surface area contributed by atoms with Gasteiger partial charge in [0, 0.05) is 0 Å². The van der Waals surface area contributed by atoms with Gasteiger partial charge >= 0.3 is 0 Å². The average molecular weight is 219 g/mol. The molecule has 2 rings (SSSR count). The lowest BCUT2D eigenvalue weighted by Crippen LogP contribution is -1.98. The van der Waals surface area contributed by atoms with Gasteiger partial charge in [0.05, 0.1) is 15.7 Å². The lowest BCUT2D eigenvalue weighted by molar-refractivity contribution is 0.793. The number of fused-ring (bicyclic) bond motifs is 1. The smallest absolute Gasteiger partial charge is 0.0815 e. The number of hydrogen-bond acceptors (Lipinski definition) is 2. The van der Waals surface area contributed by atoms with E-state index in [4.69, 9.17) is 0 Å². The summed E-state index contributed by atoms with van der Waals surface area (Å²) < 4.78 is 1.31. The maximum absolute atomic E-state index is 4.38. The highest BCUT2D eigenvalue weighted by molar-refractivity contribution is 7.16. The fourth-order valence-electron chi connectivity index (χ4n) is 1.94. The highest BCUT2D eigenvalue weighted by Gasteiger charge is 2.12. The molecule has 80 valence electrons. The van der Waals surface area contributed by atoms with Crippen LogP contribution in [-0.2, 0) is 0 Å².